The molecule has 0 amide bonds. The zero-order valence-corrected chi connectivity index (χ0v) is 16.1. The molecule has 0 atom stereocenters. The smallest absolute Gasteiger partial charge is 0.0108 e. The van der Waals surface area contributed by atoms with Gasteiger partial charge in [-0.2, -0.15) is 0 Å². The van der Waals surface area contributed by atoms with E-state index in [1.807, 2.05) is 0 Å². The second kappa shape index (κ2) is 11.4. The summed E-state index contributed by atoms with van der Waals surface area (Å²) in [4.78, 5) is 2.46. The van der Waals surface area contributed by atoms with Gasteiger partial charge in [-0.05, 0) is 23.7 Å². The highest BCUT2D eigenvalue weighted by Crippen LogP contribution is 2.18. The molecule has 0 aromatic carbocycles. The van der Waals surface area contributed by atoms with Gasteiger partial charge in [0, 0.05) is 52.4 Å². The van der Waals surface area contributed by atoms with E-state index in [1.165, 1.54) is 12.8 Å². The molecule has 0 saturated heterocycles. The maximum absolute atomic E-state index is 5.74. The van der Waals surface area contributed by atoms with Crippen LogP contribution in [0.1, 0.15) is 54.4 Å². The van der Waals surface area contributed by atoms with E-state index in [2.05, 4.69) is 57.1 Å². The van der Waals surface area contributed by atoms with Crippen LogP contribution in [0, 0.1) is 10.8 Å². The topological polar surface area (TPSA) is 53.3 Å². The molecule has 0 unspecified atom stereocenters. The molecule has 0 saturated carbocycles. The monoisotopic (exact) mass is 314 g/mol. The Morgan fingerprint density at radius 1 is 0.773 bits per heavy atom. The molecule has 0 rings (SSSR count). The Bertz CT molecular complexity index is 240. The molecule has 0 aliphatic carbocycles. The van der Waals surface area contributed by atoms with E-state index >= 15 is 0 Å². The lowest BCUT2D eigenvalue weighted by Gasteiger charge is -2.27. The quantitative estimate of drug-likeness (QED) is 0.431. The fraction of sp³-hybridized carbons (Fsp3) is 1.00. The van der Waals surface area contributed by atoms with Crippen molar-refractivity contribution < 1.29 is 0 Å². The number of hydrogen-bond donors (Lipinski definition) is 3. The number of nitrogens with two attached hydrogens (primary N) is 1. The lowest BCUT2D eigenvalue weighted by atomic mass is 9.90. The zero-order valence-electron chi connectivity index (χ0n) is 16.1. The molecule has 0 radical (unpaired) electrons. The van der Waals surface area contributed by atoms with E-state index < -0.39 is 0 Å². The predicted molar refractivity (Wildman–Crippen MR) is 99.4 cm³/mol. The molecular formula is C18H42N4. The van der Waals surface area contributed by atoms with E-state index in [1.54, 1.807) is 0 Å². The van der Waals surface area contributed by atoms with Crippen LogP contribution in [0.2, 0.25) is 0 Å². The van der Waals surface area contributed by atoms with Crippen molar-refractivity contribution in [3.8, 4) is 0 Å². The fourth-order valence-corrected chi connectivity index (χ4v) is 2.10. The molecule has 22 heavy (non-hydrogen) atoms. The van der Waals surface area contributed by atoms with E-state index in [9.17, 15) is 0 Å². The third-order valence-corrected chi connectivity index (χ3v) is 4.78. The molecule has 134 valence electrons. The fourth-order valence-electron chi connectivity index (χ4n) is 2.10. The Balaban J connectivity index is 3.87. The van der Waals surface area contributed by atoms with Crippen LogP contribution in [-0.2, 0) is 0 Å². The zero-order chi connectivity index (χ0) is 17.1. The minimum Gasteiger partial charge on any atom is -0.329 e. The highest BCUT2D eigenvalue weighted by molar-refractivity contribution is 4.72. The van der Waals surface area contributed by atoms with Crippen molar-refractivity contribution in [3.63, 3.8) is 0 Å². The first-order chi connectivity index (χ1) is 10.3. The van der Waals surface area contributed by atoms with Gasteiger partial charge in [0.15, 0.2) is 0 Å². The van der Waals surface area contributed by atoms with Crippen molar-refractivity contribution in [2.45, 2.75) is 54.4 Å². The van der Waals surface area contributed by atoms with Crippen molar-refractivity contribution in [3.05, 3.63) is 0 Å². The first-order valence-electron chi connectivity index (χ1n) is 9.10. The normalized spacial score (nSPS) is 13.1. The first kappa shape index (κ1) is 21.8. The molecule has 0 aliphatic heterocycles. The van der Waals surface area contributed by atoms with Crippen LogP contribution in [0.25, 0.3) is 0 Å². The van der Waals surface area contributed by atoms with Gasteiger partial charge in [0.25, 0.3) is 0 Å². The Hall–Kier alpha value is -0.160. The average Bonchev–Trinajstić information content (AvgIpc) is 2.47. The van der Waals surface area contributed by atoms with Crippen molar-refractivity contribution >= 4 is 0 Å². The van der Waals surface area contributed by atoms with Crippen LogP contribution in [0.3, 0.4) is 0 Å². The summed E-state index contributed by atoms with van der Waals surface area (Å²) in [6.45, 7) is 21.9. The second-order valence-electron chi connectivity index (χ2n) is 8.02. The van der Waals surface area contributed by atoms with Crippen LogP contribution in [-0.4, -0.2) is 57.3 Å². The van der Waals surface area contributed by atoms with Crippen LogP contribution < -0.4 is 16.4 Å². The van der Waals surface area contributed by atoms with Gasteiger partial charge >= 0.3 is 0 Å². The summed E-state index contributed by atoms with van der Waals surface area (Å²) in [5.41, 5.74) is 6.53. The number of nitrogens with one attached hydrogen (secondary N) is 2. The number of nitrogens with zero attached hydrogens (tertiary/aromatic N) is 1. The molecule has 0 spiro atoms. The van der Waals surface area contributed by atoms with Crippen molar-refractivity contribution in [1.29, 1.82) is 0 Å². The SMILES string of the molecule is CCC(C)(C)CNCCN(CCN)CCNCC(C)(C)CC. The Kier molecular flexibility index (Phi) is 11.3. The molecule has 0 fully saturated rings. The minimum atomic E-state index is 0.395. The Morgan fingerprint density at radius 3 is 1.50 bits per heavy atom. The van der Waals surface area contributed by atoms with Gasteiger partial charge in [-0.1, -0.05) is 41.5 Å². The second-order valence-corrected chi connectivity index (χ2v) is 8.02. The van der Waals surface area contributed by atoms with Gasteiger partial charge < -0.3 is 16.4 Å². The molecule has 4 nitrogen and oxygen atoms in total. The lowest BCUT2D eigenvalue weighted by Crippen LogP contribution is -2.42. The van der Waals surface area contributed by atoms with Gasteiger partial charge in [-0.3, -0.25) is 4.90 Å². The van der Waals surface area contributed by atoms with Gasteiger partial charge in [-0.15, -0.1) is 0 Å². The summed E-state index contributed by atoms with van der Waals surface area (Å²) in [6.07, 6.45) is 2.42. The van der Waals surface area contributed by atoms with Crippen LogP contribution in [0.5, 0.6) is 0 Å². The minimum absolute atomic E-state index is 0.395. The van der Waals surface area contributed by atoms with E-state index in [4.69, 9.17) is 5.73 Å². The van der Waals surface area contributed by atoms with Crippen LogP contribution in [0.4, 0.5) is 0 Å². The summed E-state index contributed by atoms with van der Waals surface area (Å²) < 4.78 is 0. The average molecular weight is 315 g/mol. The molecule has 0 heterocycles. The maximum Gasteiger partial charge on any atom is 0.0108 e. The standard InChI is InChI=1S/C18H42N4/c1-7-17(3,4)15-20-10-13-22(12-9-19)14-11-21-16-18(5,6)8-2/h20-21H,7-16,19H2,1-6H3. The van der Waals surface area contributed by atoms with Gasteiger partial charge in [-0.25, -0.2) is 0 Å². The van der Waals surface area contributed by atoms with Gasteiger partial charge in [0.05, 0.1) is 0 Å². The summed E-state index contributed by atoms with van der Waals surface area (Å²) in [6, 6.07) is 0. The van der Waals surface area contributed by atoms with E-state index in [0.29, 0.717) is 10.8 Å². The summed E-state index contributed by atoms with van der Waals surface area (Å²) in [5, 5.41) is 7.17. The van der Waals surface area contributed by atoms with Crippen molar-refractivity contribution in [2.24, 2.45) is 16.6 Å². The third kappa shape index (κ3) is 11.4. The van der Waals surface area contributed by atoms with Crippen LogP contribution in [0.15, 0.2) is 0 Å². The summed E-state index contributed by atoms with van der Waals surface area (Å²) in [7, 11) is 0. The largest absolute Gasteiger partial charge is 0.329 e. The highest BCUT2D eigenvalue weighted by atomic mass is 15.2. The summed E-state index contributed by atoms with van der Waals surface area (Å²) >= 11 is 0. The molecule has 4 N–H and O–H groups in total. The van der Waals surface area contributed by atoms with E-state index in [0.717, 1.165) is 52.4 Å². The van der Waals surface area contributed by atoms with Crippen molar-refractivity contribution in [2.75, 3.05) is 52.4 Å². The van der Waals surface area contributed by atoms with Gasteiger partial charge in [0.2, 0.25) is 0 Å². The number of hydrogen-bond acceptors (Lipinski definition) is 4. The summed E-state index contributed by atoms with van der Waals surface area (Å²) in [5.74, 6) is 0. The molecule has 0 bridgehead atoms. The van der Waals surface area contributed by atoms with Crippen molar-refractivity contribution in [1.82, 2.24) is 15.5 Å². The lowest BCUT2D eigenvalue weighted by molar-refractivity contribution is 0.256. The number of rotatable bonds is 14. The first-order valence-corrected chi connectivity index (χ1v) is 9.10. The van der Waals surface area contributed by atoms with Crippen LogP contribution >= 0.6 is 0 Å². The molecule has 4 heteroatoms. The molecular weight excluding hydrogens is 272 g/mol. The molecule has 0 aromatic heterocycles. The Labute approximate surface area is 139 Å². The molecule has 0 aliphatic rings. The Morgan fingerprint density at radius 2 is 1.18 bits per heavy atom. The predicted octanol–water partition coefficient (Wildman–Crippen LogP) is 2.30. The molecule has 0 aromatic rings. The maximum atomic E-state index is 5.74. The highest BCUT2D eigenvalue weighted by Gasteiger charge is 2.15. The van der Waals surface area contributed by atoms with E-state index in [-0.39, 0.29) is 0 Å². The van der Waals surface area contributed by atoms with Gasteiger partial charge in [0.1, 0.15) is 0 Å². The third-order valence-electron chi connectivity index (χ3n) is 4.78.